The second kappa shape index (κ2) is 3.91. The summed E-state index contributed by atoms with van der Waals surface area (Å²) in [5.41, 5.74) is 2.05. The maximum atomic E-state index is 12.2. The van der Waals surface area contributed by atoms with Crippen LogP contribution >= 0.6 is 11.6 Å². The predicted octanol–water partition coefficient (Wildman–Crippen LogP) is 2.69. The zero-order valence-electron chi connectivity index (χ0n) is 9.44. The molecule has 0 saturated heterocycles. The Labute approximate surface area is 113 Å². The summed E-state index contributed by atoms with van der Waals surface area (Å²) >= 11 is 5.87. The van der Waals surface area contributed by atoms with Crippen LogP contribution in [0, 0.1) is 22.7 Å². The van der Waals surface area contributed by atoms with Crippen LogP contribution in [0.25, 0.3) is 11.1 Å². The Morgan fingerprint density at radius 2 is 1.84 bits per heavy atom. The predicted molar refractivity (Wildman–Crippen MR) is 67.5 cm³/mol. The van der Waals surface area contributed by atoms with Gasteiger partial charge in [-0.2, -0.15) is 10.5 Å². The quantitative estimate of drug-likeness (QED) is 0.626. The minimum absolute atomic E-state index is 0.0338. The first kappa shape index (κ1) is 11.4. The Balaban J connectivity index is 2.36. The van der Waals surface area contributed by atoms with Gasteiger partial charge in [0.15, 0.2) is 5.69 Å². The van der Waals surface area contributed by atoms with Crippen molar-refractivity contribution in [1.29, 1.82) is 10.5 Å². The highest BCUT2D eigenvalue weighted by molar-refractivity contribution is 6.32. The highest BCUT2D eigenvalue weighted by Gasteiger charge is 2.29. The number of carbonyl (C=O) groups excluding carboxylic acids is 1. The van der Waals surface area contributed by atoms with Gasteiger partial charge < -0.3 is 0 Å². The summed E-state index contributed by atoms with van der Waals surface area (Å²) in [6.07, 6.45) is 0. The SMILES string of the molecule is N#Cc1cc2c(nc1C#N)C(=O)c1cc(Cl)ccc1-2. The summed E-state index contributed by atoms with van der Waals surface area (Å²) in [5, 5.41) is 18.4. The van der Waals surface area contributed by atoms with E-state index < -0.39 is 0 Å². The van der Waals surface area contributed by atoms with Crippen LogP contribution < -0.4 is 0 Å². The van der Waals surface area contributed by atoms with E-state index in [4.69, 9.17) is 22.1 Å². The van der Waals surface area contributed by atoms with Crippen molar-refractivity contribution in [1.82, 2.24) is 4.98 Å². The molecule has 1 aromatic heterocycles. The molecule has 88 valence electrons. The normalized spacial score (nSPS) is 11.4. The van der Waals surface area contributed by atoms with Crippen LogP contribution in [0.15, 0.2) is 24.3 Å². The number of benzene rings is 1. The molecule has 4 nitrogen and oxygen atoms in total. The number of hydrogen-bond donors (Lipinski definition) is 0. The van der Waals surface area contributed by atoms with E-state index in [2.05, 4.69) is 4.98 Å². The molecular formula is C14H4ClN3O. The molecule has 5 heteroatoms. The summed E-state index contributed by atoms with van der Waals surface area (Å²) in [4.78, 5) is 16.2. The zero-order valence-corrected chi connectivity index (χ0v) is 10.2. The number of rotatable bonds is 0. The Morgan fingerprint density at radius 1 is 1.05 bits per heavy atom. The first-order chi connectivity index (χ1) is 9.15. The molecule has 0 bridgehead atoms. The molecule has 1 aromatic carbocycles. The summed E-state index contributed by atoms with van der Waals surface area (Å²) in [6, 6.07) is 10.2. The topological polar surface area (TPSA) is 77.5 Å². The van der Waals surface area contributed by atoms with E-state index in [9.17, 15) is 4.79 Å². The van der Waals surface area contributed by atoms with Crippen LogP contribution in [0.4, 0.5) is 0 Å². The molecule has 0 N–H and O–H groups in total. The van der Waals surface area contributed by atoms with Crippen LogP contribution in [0.5, 0.6) is 0 Å². The van der Waals surface area contributed by atoms with Gasteiger partial charge in [-0.05, 0) is 23.8 Å². The molecule has 1 aliphatic rings. The smallest absolute Gasteiger partial charge is 0.212 e. The number of ketones is 1. The largest absolute Gasteiger partial charge is 0.287 e. The standard InChI is InChI=1S/C14H4ClN3O/c15-8-1-2-9-10-3-7(5-16)12(6-17)18-13(10)14(19)11(9)4-8/h1-4H. The molecule has 0 radical (unpaired) electrons. The van der Waals surface area contributed by atoms with E-state index in [-0.39, 0.29) is 22.7 Å². The van der Waals surface area contributed by atoms with Gasteiger partial charge in [-0.1, -0.05) is 17.7 Å². The van der Waals surface area contributed by atoms with Gasteiger partial charge in [-0.15, -0.1) is 0 Å². The number of halogens is 1. The van der Waals surface area contributed by atoms with Gasteiger partial charge in [-0.3, -0.25) is 4.79 Å². The summed E-state index contributed by atoms with van der Waals surface area (Å²) in [6.45, 7) is 0. The lowest BCUT2D eigenvalue weighted by Gasteiger charge is -2.00. The molecular weight excluding hydrogens is 262 g/mol. The lowest BCUT2D eigenvalue weighted by atomic mass is 10.0. The third kappa shape index (κ3) is 1.52. The molecule has 1 aliphatic carbocycles. The van der Waals surface area contributed by atoms with E-state index >= 15 is 0 Å². The maximum Gasteiger partial charge on any atom is 0.212 e. The second-order valence-electron chi connectivity index (χ2n) is 4.02. The highest BCUT2D eigenvalue weighted by atomic mass is 35.5. The number of carbonyl (C=O) groups is 1. The number of pyridine rings is 1. The number of aromatic nitrogens is 1. The van der Waals surface area contributed by atoms with Crippen LogP contribution in [0.2, 0.25) is 5.02 Å². The van der Waals surface area contributed by atoms with Gasteiger partial charge in [0.25, 0.3) is 0 Å². The Bertz CT molecular complexity index is 828. The van der Waals surface area contributed by atoms with Crippen molar-refractivity contribution in [3.05, 3.63) is 51.8 Å². The van der Waals surface area contributed by atoms with E-state index in [1.807, 2.05) is 12.1 Å². The van der Waals surface area contributed by atoms with Gasteiger partial charge in [0.05, 0.1) is 5.56 Å². The Hall–Kier alpha value is -2.69. The first-order valence-electron chi connectivity index (χ1n) is 5.35. The fraction of sp³-hybridized carbons (Fsp3) is 0. The van der Waals surface area contributed by atoms with Crippen molar-refractivity contribution in [2.75, 3.05) is 0 Å². The van der Waals surface area contributed by atoms with E-state index in [1.54, 1.807) is 18.2 Å². The molecule has 0 amide bonds. The average Bonchev–Trinajstić information content (AvgIpc) is 2.70. The van der Waals surface area contributed by atoms with Crippen LogP contribution in [0.1, 0.15) is 27.3 Å². The van der Waals surface area contributed by atoms with Crippen molar-refractivity contribution < 1.29 is 4.79 Å². The maximum absolute atomic E-state index is 12.2. The van der Waals surface area contributed by atoms with Crippen molar-refractivity contribution >= 4 is 17.4 Å². The summed E-state index contributed by atoms with van der Waals surface area (Å²) < 4.78 is 0. The third-order valence-corrected chi connectivity index (χ3v) is 3.22. The number of nitrogens with zero attached hydrogens (tertiary/aromatic N) is 3. The van der Waals surface area contributed by atoms with Gasteiger partial charge in [0.2, 0.25) is 5.78 Å². The molecule has 0 atom stereocenters. The fourth-order valence-electron chi connectivity index (χ4n) is 2.13. The summed E-state index contributed by atoms with van der Waals surface area (Å²) in [7, 11) is 0. The van der Waals surface area contributed by atoms with E-state index in [0.29, 0.717) is 21.7 Å². The molecule has 0 fully saturated rings. The molecule has 0 unspecified atom stereocenters. The number of fused-ring (bicyclic) bond motifs is 3. The highest BCUT2D eigenvalue weighted by Crippen LogP contribution is 2.37. The third-order valence-electron chi connectivity index (χ3n) is 2.98. The Morgan fingerprint density at radius 3 is 2.53 bits per heavy atom. The minimum Gasteiger partial charge on any atom is -0.287 e. The summed E-state index contributed by atoms with van der Waals surface area (Å²) in [5.74, 6) is -0.270. The molecule has 19 heavy (non-hydrogen) atoms. The van der Waals surface area contributed by atoms with Gasteiger partial charge >= 0.3 is 0 Å². The number of nitriles is 2. The average molecular weight is 266 g/mol. The van der Waals surface area contributed by atoms with Gasteiger partial charge in [0.1, 0.15) is 17.8 Å². The molecule has 0 aliphatic heterocycles. The monoisotopic (exact) mass is 265 g/mol. The van der Waals surface area contributed by atoms with Crippen molar-refractivity contribution in [3.63, 3.8) is 0 Å². The fourth-order valence-corrected chi connectivity index (χ4v) is 2.30. The molecule has 2 aromatic rings. The van der Waals surface area contributed by atoms with E-state index in [1.165, 1.54) is 6.07 Å². The van der Waals surface area contributed by atoms with E-state index in [0.717, 1.165) is 0 Å². The van der Waals surface area contributed by atoms with Crippen molar-refractivity contribution in [3.8, 4) is 23.3 Å². The molecule has 1 heterocycles. The molecule has 3 rings (SSSR count). The minimum atomic E-state index is -0.270. The molecule has 0 spiro atoms. The molecule has 0 saturated carbocycles. The van der Waals surface area contributed by atoms with Crippen molar-refractivity contribution in [2.24, 2.45) is 0 Å². The lowest BCUT2D eigenvalue weighted by molar-refractivity contribution is 0.103. The van der Waals surface area contributed by atoms with Crippen LogP contribution in [-0.4, -0.2) is 10.8 Å². The van der Waals surface area contributed by atoms with Gasteiger partial charge in [-0.25, -0.2) is 4.98 Å². The van der Waals surface area contributed by atoms with Crippen LogP contribution in [-0.2, 0) is 0 Å². The first-order valence-corrected chi connectivity index (χ1v) is 5.73. The lowest BCUT2D eigenvalue weighted by Crippen LogP contribution is -2.01. The number of hydrogen-bond acceptors (Lipinski definition) is 4. The van der Waals surface area contributed by atoms with Crippen LogP contribution in [0.3, 0.4) is 0 Å². The zero-order chi connectivity index (χ0) is 13.6. The van der Waals surface area contributed by atoms with Crippen molar-refractivity contribution in [2.45, 2.75) is 0 Å². The Kier molecular flexibility index (Phi) is 2.35. The second-order valence-corrected chi connectivity index (χ2v) is 4.46. The van der Waals surface area contributed by atoms with Gasteiger partial charge in [0, 0.05) is 16.1 Å².